The predicted molar refractivity (Wildman–Crippen MR) is 116 cm³/mol. The molecule has 3 unspecified atom stereocenters. The van der Waals surface area contributed by atoms with E-state index in [1.165, 1.54) is 23.3 Å². The highest BCUT2D eigenvalue weighted by Gasteiger charge is 2.16. The van der Waals surface area contributed by atoms with Crippen LogP contribution in [0.15, 0.2) is 54.1 Å². The highest BCUT2D eigenvalue weighted by molar-refractivity contribution is 6.02. The summed E-state index contributed by atoms with van der Waals surface area (Å²) in [7, 11) is 0. The lowest BCUT2D eigenvalue weighted by molar-refractivity contribution is 0.447. The van der Waals surface area contributed by atoms with Crippen molar-refractivity contribution in [1.82, 2.24) is 0 Å². The molecule has 0 aromatic heterocycles. The van der Waals surface area contributed by atoms with Crippen molar-refractivity contribution in [3.05, 3.63) is 60.2 Å². The lowest BCUT2D eigenvalue weighted by Crippen LogP contribution is -2.01. The van der Waals surface area contributed by atoms with Gasteiger partial charge in [-0.3, -0.25) is 4.99 Å². The maximum atomic E-state index is 4.74. The molecule has 0 fully saturated rings. The van der Waals surface area contributed by atoms with Gasteiger partial charge in [0.15, 0.2) is 0 Å². The molecular formula is C24H39N. The van der Waals surface area contributed by atoms with Crippen LogP contribution in [0.4, 0.5) is 0 Å². The molecule has 0 aliphatic carbocycles. The molecule has 1 aliphatic heterocycles. The fraction of sp³-hybridized carbons (Fsp3) is 0.542. The Labute approximate surface area is 157 Å². The Morgan fingerprint density at radius 2 is 1.88 bits per heavy atom. The predicted octanol–water partition coefficient (Wildman–Crippen LogP) is 7.40. The molecule has 1 aromatic carbocycles. The number of aliphatic imine (C=N–C) groups is 1. The fourth-order valence-corrected chi connectivity index (χ4v) is 2.68. The minimum absolute atomic E-state index is 0.407. The smallest absolute Gasteiger partial charge is 0.0687 e. The number of allylic oxidation sites excluding steroid dienone is 2. The third-order valence-corrected chi connectivity index (χ3v) is 4.78. The van der Waals surface area contributed by atoms with Crippen molar-refractivity contribution in [3.63, 3.8) is 0 Å². The first-order valence-corrected chi connectivity index (χ1v) is 9.91. The Hall–Kier alpha value is -1.63. The zero-order valence-corrected chi connectivity index (χ0v) is 17.5. The van der Waals surface area contributed by atoms with E-state index in [1.807, 2.05) is 19.9 Å². The van der Waals surface area contributed by atoms with Crippen molar-refractivity contribution >= 4 is 5.71 Å². The van der Waals surface area contributed by atoms with Crippen molar-refractivity contribution in [3.8, 4) is 0 Å². The third kappa shape index (κ3) is 8.34. The monoisotopic (exact) mass is 341 g/mol. The van der Waals surface area contributed by atoms with Gasteiger partial charge in [-0.05, 0) is 49.7 Å². The molecule has 1 aromatic rings. The maximum absolute atomic E-state index is 4.74. The number of nitrogens with zero attached hydrogens (tertiary/aromatic N) is 1. The van der Waals surface area contributed by atoms with E-state index < -0.39 is 0 Å². The lowest BCUT2D eigenvalue weighted by Gasteiger charge is -2.12. The van der Waals surface area contributed by atoms with Gasteiger partial charge in [-0.15, -0.1) is 6.58 Å². The van der Waals surface area contributed by atoms with Crippen LogP contribution < -0.4 is 0 Å². The van der Waals surface area contributed by atoms with Gasteiger partial charge in [-0.25, -0.2) is 0 Å². The summed E-state index contributed by atoms with van der Waals surface area (Å²) in [6.07, 6.45) is 9.83. The first kappa shape index (κ1) is 23.4. The summed E-state index contributed by atoms with van der Waals surface area (Å²) in [5.74, 6) is 1.48. The van der Waals surface area contributed by atoms with Crippen molar-refractivity contribution in [1.29, 1.82) is 0 Å². The molecule has 0 spiro atoms. The molecule has 1 aliphatic rings. The number of aryl methyl sites for hydroxylation is 1. The van der Waals surface area contributed by atoms with Crippen LogP contribution in [-0.4, -0.2) is 11.8 Å². The average Bonchev–Trinajstić information content (AvgIpc) is 3.11. The summed E-state index contributed by atoms with van der Waals surface area (Å²) in [4.78, 5) is 4.74. The molecule has 2 rings (SSSR count). The van der Waals surface area contributed by atoms with E-state index in [1.54, 1.807) is 0 Å². The minimum Gasteiger partial charge on any atom is -0.282 e. The standard InChI is InChI=1S/C14H17N.C8H16.C2H6/c1-3-6-12-9-10-14(15-12)13-8-5-4-7-11(13)2;1-5-7(3)8(4)6-2;1-2/h3-8,12H,9-10H2,1-2H3;5,7-8H,1,6H2,2-4H3;1-2H3/b6-3+;;. The molecule has 3 atom stereocenters. The van der Waals surface area contributed by atoms with Crippen LogP contribution in [0.2, 0.25) is 0 Å². The second kappa shape index (κ2) is 13.6. The summed E-state index contributed by atoms with van der Waals surface area (Å²) >= 11 is 0. The van der Waals surface area contributed by atoms with Crippen molar-refractivity contribution in [2.24, 2.45) is 16.8 Å². The molecule has 0 bridgehead atoms. The van der Waals surface area contributed by atoms with Crippen molar-refractivity contribution < 1.29 is 0 Å². The first-order valence-electron chi connectivity index (χ1n) is 9.91. The fourth-order valence-electron chi connectivity index (χ4n) is 2.68. The summed E-state index contributed by atoms with van der Waals surface area (Å²) < 4.78 is 0. The van der Waals surface area contributed by atoms with E-state index in [9.17, 15) is 0 Å². The average molecular weight is 342 g/mol. The van der Waals surface area contributed by atoms with E-state index in [0.29, 0.717) is 12.0 Å². The summed E-state index contributed by atoms with van der Waals surface area (Å²) in [5.41, 5.74) is 3.93. The Bertz CT molecular complexity index is 539. The number of hydrogen-bond acceptors (Lipinski definition) is 1. The number of hydrogen-bond donors (Lipinski definition) is 0. The van der Waals surface area contributed by atoms with Crippen LogP contribution in [0, 0.1) is 18.8 Å². The van der Waals surface area contributed by atoms with E-state index in [2.05, 4.69) is 77.6 Å². The van der Waals surface area contributed by atoms with E-state index in [4.69, 9.17) is 4.99 Å². The quantitative estimate of drug-likeness (QED) is 0.495. The highest BCUT2D eigenvalue weighted by atomic mass is 14.8. The van der Waals surface area contributed by atoms with Gasteiger partial charge in [0.25, 0.3) is 0 Å². The number of rotatable bonds is 5. The second-order valence-corrected chi connectivity index (χ2v) is 6.50. The van der Waals surface area contributed by atoms with Gasteiger partial charge in [-0.2, -0.15) is 0 Å². The third-order valence-electron chi connectivity index (χ3n) is 4.78. The van der Waals surface area contributed by atoms with Gasteiger partial charge in [0, 0.05) is 5.71 Å². The molecule has 1 heterocycles. The topological polar surface area (TPSA) is 12.4 Å². The van der Waals surface area contributed by atoms with Crippen molar-refractivity contribution in [2.75, 3.05) is 0 Å². The summed E-state index contributed by atoms with van der Waals surface area (Å²) in [6.45, 7) is 18.6. The summed E-state index contributed by atoms with van der Waals surface area (Å²) in [6, 6.07) is 8.91. The van der Waals surface area contributed by atoms with E-state index in [-0.39, 0.29) is 0 Å². The number of benzene rings is 1. The highest BCUT2D eigenvalue weighted by Crippen LogP contribution is 2.21. The van der Waals surface area contributed by atoms with Gasteiger partial charge in [0.2, 0.25) is 0 Å². The second-order valence-electron chi connectivity index (χ2n) is 6.50. The summed E-state index contributed by atoms with van der Waals surface area (Å²) in [5, 5.41) is 0. The lowest BCUT2D eigenvalue weighted by atomic mass is 9.94. The van der Waals surface area contributed by atoms with Gasteiger partial charge in [0.05, 0.1) is 6.04 Å². The van der Waals surface area contributed by atoms with Crippen molar-refractivity contribution in [2.45, 2.75) is 73.8 Å². The molecular weight excluding hydrogens is 302 g/mol. The molecule has 140 valence electrons. The Balaban J connectivity index is 0.000000493. The SMILES string of the molecule is C/C=C/C1CCC(c2ccccc2C)=N1.C=CC(C)C(C)CC.CC. The molecule has 0 amide bonds. The van der Waals surface area contributed by atoms with Gasteiger partial charge < -0.3 is 0 Å². The van der Waals surface area contributed by atoms with Crippen LogP contribution >= 0.6 is 0 Å². The molecule has 0 saturated heterocycles. The van der Waals surface area contributed by atoms with Gasteiger partial charge in [0.1, 0.15) is 0 Å². The minimum atomic E-state index is 0.407. The Morgan fingerprint density at radius 3 is 2.36 bits per heavy atom. The molecule has 1 heteroatoms. The Kier molecular flexibility index (Phi) is 12.7. The van der Waals surface area contributed by atoms with Gasteiger partial charge >= 0.3 is 0 Å². The first-order chi connectivity index (χ1) is 12.0. The maximum Gasteiger partial charge on any atom is 0.0687 e. The van der Waals surface area contributed by atoms with E-state index in [0.717, 1.165) is 18.8 Å². The normalized spacial score (nSPS) is 18.4. The zero-order chi connectivity index (χ0) is 19.2. The van der Waals surface area contributed by atoms with E-state index >= 15 is 0 Å². The Morgan fingerprint density at radius 1 is 1.24 bits per heavy atom. The molecule has 0 radical (unpaired) electrons. The molecule has 25 heavy (non-hydrogen) atoms. The largest absolute Gasteiger partial charge is 0.282 e. The molecule has 1 nitrogen and oxygen atoms in total. The van der Waals surface area contributed by atoms with Crippen LogP contribution in [0.1, 0.15) is 71.9 Å². The van der Waals surface area contributed by atoms with Crippen LogP contribution in [0.5, 0.6) is 0 Å². The molecule has 0 saturated carbocycles. The van der Waals surface area contributed by atoms with Crippen LogP contribution in [0.25, 0.3) is 0 Å². The molecule has 0 N–H and O–H groups in total. The van der Waals surface area contributed by atoms with Gasteiger partial charge in [-0.1, -0.05) is 83.5 Å². The van der Waals surface area contributed by atoms with Crippen LogP contribution in [-0.2, 0) is 0 Å². The zero-order valence-electron chi connectivity index (χ0n) is 17.5. The van der Waals surface area contributed by atoms with Crippen LogP contribution in [0.3, 0.4) is 0 Å².